The number of anilines is 1. The number of benzene rings is 2. The minimum atomic E-state index is 0.403. The zero-order valence-electron chi connectivity index (χ0n) is 15.0. The van der Waals surface area contributed by atoms with Crippen LogP contribution in [0.1, 0.15) is 18.4 Å². The SMILES string of the molecule is c1ccc(CN2C[NH+](C[C@@H]3CCCO3)Cn3c2nc2ccccc23)cc1. The fourth-order valence-corrected chi connectivity index (χ4v) is 4.26. The van der Waals surface area contributed by atoms with Crippen LogP contribution in [0.2, 0.25) is 0 Å². The molecule has 1 unspecified atom stereocenters. The molecule has 3 heterocycles. The molecule has 2 atom stereocenters. The Balaban J connectivity index is 1.48. The largest absolute Gasteiger partial charge is 0.372 e. The molecule has 2 aliphatic rings. The van der Waals surface area contributed by atoms with Crippen molar-refractivity contribution in [3.8, 4) is 0 Å². The van der Waals surface area contributed by atoms with Crippen LogP contribution in [-0.2, 0) is 18.0 Å². The first-order valence-corrected chi connectivity index (χ1v) is 9.56. The lowest BCUT2D eigenvalue weighted by atomic mass is 10.2. The van der Waals surface area contributed by atoms with Crippen molar-refractivity contribution in [1.29, 1.82) is 0 Å². The van der Waals surface area contributed by atoms with Gasteiger partial charge in [0.05, 0.1) is 17.6 Å². The van der Waals surface area contributed by atoms with Gasteiger partial charge < -0.3 is 4.74 Å². The third-order valence-electron chi connectivity index (χ3n) is 5.47. The summed E-state index contributed by atoms with van der Waals surface area (Å²) in [5.41, 5.74) is 3.63. The molecule has 2 aliphatic heterocycles. The van der Waals surface area contributed by atoms with Gasteiger partial charge in [-0.3, -0.25) is 14.4 Å². The minimum absolute atomic E-state index is 0.403. The van der Waals surface area contributed by atoms with Crippen molar-refractivity contribution in [2.45, 2.75) is 32.2 Å². The smallest absolute Gasteiger partial charge is 0.215 e. The molecule has 1 N–H and O–H groups in total. The molecule has 0 spiro atoms. The van der Waals surface area contributed by atoms with Crippen LogP contribution < -0.4 is 9.80 Å². The number of nitrogens with zero attached hydrogens (tertiary/aromatic N) is 3. The van der Waals surface area contributed by atoms with Gasteiger partial charge in [-0.1, -0.05) is 42.5 Å². The van der Waals surface area contributed by atoms with Crippen LogP contribution >= 0.6 is 0 Å². The molecule has 0 saturated carbocycles. The quantitative estimate of drug-likeness (QED) is 0.783. The van der Waals surface area contributed by atoms with Gasteiger partial charge in [0, 0.05) is 6.61 Å². The van der Waals surface area contributed by atoms with Crippen LogP contribution in [0.4, 0.5) is 5.95 Å². The van der Waals surface area contributed by atoms with Gasteiger partial charge in [0.25, 0.3) is 0 Å². The molecule has 1 aromatic heterocycles. The molecular formula is C21H25N4O+. The summed E-state index contributed by atoms with van der Waals surface area (Å²) in [6, 6.07) is 19.2. The van der Waals surface area contributed by atoms with Gasteiger partial charge >= 0.3 is 0 Å². The monoisotopic (exact) mass is 349 g/mol. The maximum Gasteiger partial charge on any atom is 0.215 e. The molecule has 134 valence electrons. The first-order chi connectivity index (χ1) is 12.9. The molecular weight excluding hydrogens is 324 g/mol. The van der Waals surface area contributed by atoms with E-state index >= 15 is 0 Å². The van der Waals surface area contributed by atoms with Crippen molar-refractivity contribution in [2.24, 2.45) is 0 Å². The molecule has 0 radical (unpaired) electrons. The summed E-state index contributed by atoms with van der Waals surface area (Å²) in [4.78, 5) is 8.91. The van der Waals surface area contributed by atoms with Gasteiger partial charge in [0.1, 0.15) is 12.6 Å². The van der Waals surface area contributed by atoms with E-state index in [0.717, 1.165) is 44.5 Å². The number of quaternary nitrogens is 1. The van der Waals surface area contributed by atoms with Crippen molar-refractivity contribution in [1.82, 2.24) is 9.55 Å². The standard InChI is InChI=1S/C21H24N4O/c1-2-7-17(8-3-1)13-24-15-23(14-18-9-6-12-26-18)16-25-20-11-5-4-10-19(20)22-21(24)25/h1-5,7-8,10-11,18H,6,9,12-16H2/p+1/t18-/m0/s1. The van der Waals surface area contributed by atoms with Crippen LogP contribution in [-0.4, -0.2) is 35.5 Å². The fraction of sp³-hybridized carbons (Fsp3) is 0.381. The number of para-hydroxylation sites is 2. The van der Waals surface area contributed by atoms with E-state index in [0.29, 0.717) is 6.10 Å². The third kappa shape index (κ3) is 2.97. The van der Waals surface area contributed by atoms with Crippen molar-refractivity contribution in [3.63, 3.8) is 0 Å². The van der Waals surface area contributed by atoms with Gasteiger partial charge in [-0.15, -0.1) is 0 Å². The molecule has 3 aromatic rings. The summed E-state index contributed by atoms with van der Waals surface area (Å²) in [5, 5.41) is 0. The van der Waals surface area contributed by atoms with E-state index in [-0.39, 0.29) is 0 Å². The highest BCUT2D eigenvalue weighted by Gasteiger charge is 2.31. The zero-order chi connectivity index (χ0) is 17.3. The van der Waals surface area contributed by atoms with E-state index in [2.05, 4.69) is 64.1 Å². The normalized spacial score (nSPS) is 22.7. The van der Waals surface area contributed by atoms with E-state index in [1.807, 2.05) is 0 Å². The number of ether oxygens (including phenoxy) is 1. The number of imidazole rings is 1. The summed E-state index contributed by atoms with van der Waals surface area (Å²) in [6.07, 6.45) is 2.80. The van der Waals surface area contributed by atoms with Gasteiger partial charge in [-0.05, 0) is 30.5 Å². The number of hydrogen-bond acceptors (Lipinski definition) is 3. The van der Waals surface area contributed by atoms with E-state index in [4.69, 9.17) is 9.72 Å². The van der Waals surface area contributed by atoms with Gasteiger partial charge in [0.2, 0.25) is 5.95 Å². The second-order valence-electron chi connectivity index (χ2n) is 7.42. The Bertz CT molecular complexity index is 885. The summed E-state index contributed by atoms with van der Waals surface area (Å²) < 4.78 is 8.28. The maximum absolute atomic E-state index is 5.90. The molecule has 1 fully saturated rings. The second-order valence-corrected chi connectivity index (χ2v) is 7.42. The van der Waals surface area contributed by atoms with Crippen LogP contribution in [0.15, 0.2) is 54.6 Å². The van der Waals surface area contributed by atoms with E-state index in [1.165, 1.54) is 23.9 Å². The summed E-state index contributed by atoms with van der Waals surface area (Å²) in [6.45, 7) is 4.81. The van der Waals surface area contributed by atoms with Crippen molar-refractivity contribution >= 4 is 17.0 Å². The summed E-state index contributed by atoms with van der Waals surface area (Å²) in [5.74, 6) is 1.09. The van der Waals surface area contributed by atoms with Gasteiger partial charge in [0.15, 0.2) is 13.3 Å². The Kier molecular flexibility index (Phi) is 4.11. The summed E-state index contributed by atoms with van der Waals surface area (Å²) in [7, 11) is 0. The van der Waals surface area contributed by atoms with Crippen LogP contribution in [0, 0.1) is 0 Å². The molecule has 5 rings (SSSR count). The zero-order valence-corrected chi connectivity index (χ0v) is 15.0. The summed E-state index contributed by atoms with van der Waals surface area (Å²) >= 11 is 0. The highest BCUT2D eigenvalue weighted by atomic mass is 16.5. The third-order valence-corrected chi connectivity index (χ3v) is 5.47. The van der Waals surface area contributed by atoms with Gasteiger partial charge in [-0.2, -0.15) is 0 Å². The molecule has 5 nitrogen and oxygen atoms in total. The molecule has 26 heavy (non-hydrogen) atoms. The molecule has 1 saturated heterocycles. The van der Waals surface area contributed by atoms with Crippen LogP contribution in [0.5, 0.6) is 0 Å². The van der Waals surface area contributed by atoms with Crippen molar-refractivity contribution in [2.75, 3.05) is 24.7 Å². The molecule has 0 aliphatic carbocycles. The highest BCUT2D eigenvalue weighted by Crippen LogP contribution is 2.24. The van der Waals surface area contributed by atoms with Gasteiger partial charge in [-0.25, -0.2) is 4.98 Å². The Morgan fingerprint density at radius 2 is 1.88 bits per heavy atom. The maximum atomic E-state index is 5.90. The number of fused-ring (bicyclic) bond motifs is 3. The molecule has 0 amide bonds. The predicted octanol–water partition coefficient (Wildman–Crippen LogP) is 2.04. The van der Waals surface area contributed by atoms with Crippen molar-refractivity contribution < 1.29 is 9.64 Å². The first-order valence-electron chi connectivity index (χ1n) is 9.56. The average Bonchev–Trinajstić information content (AvgIpc) is 3.31. The van der Waals surface area contributed by atoms with Crippen molar-refractivity contribution in [3.05, 3.63) is 60.2 Å². The van der Waals surface area contributed by atoms with E-state index < -0.39 is 0 Å². The van der Waals surface area contributed by atoms with Crippen LogP contribution in [0.3, 0.4) is 0 Å². The molecule has 0 bridgehead atoms. The first kappa shape index (κ1) is 15.9. The Hall–Kier alpha value is -2.37. The highest BCUT2D eigenvalue weighted by molar-refractivity contribution is 5.78. The Labute approximate surface area is 153 Å². The number of nitrogens with one attached hydrogen (secondary N) is 1. The lowest BCUT2D eigenvalue weighted by Gasteiger charge is -2.35. The van der Waals surface area contributed by atoms with E-state index in [1.54, 1.807) is 4.90 Å². The Morgan fingerprint density at radius 3 is 2.73 bits per heavy atom. The lowest BCUT2D eigenvalue weighted by Crippen LogP contribution is -3.15. The second kappa shape index (κ2) is 6.74. The van der Waals surface area contributed by atoms with Crippen LogP contribution in [0.25, 0.3) is 11.0 Å². The molecule has 5 heteroatoms. The number of rotatable bonds is 4. The number of hydrogen-bond donors (Lipinski definition) is 1. The number of aromatic nitrogens is 2. The lowest BCUT2D eigenvalue weighted by molar-refractivity contribution is -0.927. The average molecular weight is 349 g/mol. The topological polar surface area (TPSA) is 34.7 Å². The molecule has 2 aromatic carbocycles. The minimum Gasteiger partial charge on any atom is -0.372 e. The Morgan fingerprint density at radius 1 is 1.04 bits per heavy atom. The predicted molar refractivity (Wildman–Crippen MR) is 102 cm³/mol. The van der Waals surface area contributed by atoms with E-state index in [9.17, 15) is 0 Å². The fourth-order valence-electron chi connectivity index (χ4n) is 4.26.